The normalized spacial score (nSPS) is 14.2. The molecule has 1 fully saturated rings. The van der Waals surface area contributed by atoms with Crippen LogP contribution in [0, 0.1) is 6.92 Å². The monoisotopic (exact) mass is 417 g/mol. The molecule has 0 aromatic heterocycles. The highest BCUT2D eigenvalue weighted by molar-refractivity contribution is 7.91. The topological polar surface area (TPSA) is 112 Å². The number of nitrogens with zero attached hydrogens (tertiary/aromatic N) is 1. The van der Waals surface area contributed by atoms with E-state index in [0.29, 0.717) is 16.7 Å². The zero-order valence-corrected chi connectivity index (χ0v) is 17.1. The molecule has 0 atom stereocenters. The summed E-state index contributed by atoms with van der Waals surface area (Å²) < 4.78 is 24.9. The van der Waals surface area contributed by atoms with Crippen molar-refractivity contribution in [3.63, 3.8) is 0 Å². The molecule has 0 spiro atoms. The molecule has 3 rings (SSSR count). The Bertz CT molecular complexity index is 1080. The van der Waals surface area contributed by atoms with E-state index in [9.17, 15) is 28.2 Å². The highest BCUT2D eigenvalue weighted by Gasteiger charge is 2.24. The van der Waals surface area contributed by atoms with Crippen molar-refractivity contribution in [2.24, 2.45) is 0 Å². The number of rotatable bonds is 6. The van der Waals surface area contributed by atoms with E-state index in [1.807, 2.05) is 0 Å². The zero-order valence-electron chi connectivity index (χ0n) is 16.3. The quantitative estimate of drug-likeness (QED) is 0.740. The average Bonchev–Trinajstić information content (AvgIpc) is 3.21. The van der Waals surface area contributed by atoms with E-state index in [1.165, 1.54) is 12.1 Å². The molecule has 0 unspecified atom stereocenters. The summed E-state index contributed by atoms with van der Waals surface area (Å²) >= 11 is 0. The van der Waals surface area contributed by atoms with Gasteiger partial charge in [-0.15, -0.1) is 0 Å². The maximum Gasteiger partial charge on any atom is 0.336 e. The fourth-order valence-electron chi connectivity index (χ4n) is 3.66. The first-order valence-electron chi connectivity index (χ1n) is 9.39. The summed E-state index contributed by atoms with van der Waals surface area (Å²) in [5.41, 5.74) is 1.70. The number of anilines is 1. The van der Waals surface area contributed by atoms with Crippen molar-refractivity contribution >= 4 is 27.5 Å². The number of aromatic carboxylic acids is 2. The molecule has 1 aliphatic heterocycles. The first-order chi connectivity index (χ1) is 13.7. The summed E-state index contributed by atoms with van der Waals surface area (Å²) in [6.07, 6.45) is 1.99. The van der Waals surface area contributed by atoms with E-state index in [-0.39, 0.29) is 21.8 Å². The van der Waals surface area contributed by atoms with Gasteiger partial charge in [0.2, 0.25) is 0 Å². The summed E-state index contributed by atoms with van der Waals surface area (Å²) in [7, 11) is -3.49. The van der Waals surface area contributed by atoms with Crippen molar-refractivity contribution in [1.82, 2.24) is 0 Å². The number of hydrogen-bond donors (Lipinski definition) is 2. The van der Waals surface area contributed by atoms with Gasteiger partial charge in [-0.25, -0.2) is 18.0 Å². The second-order valence-corrected chi connectivity index (χ2v) is 9.38. The second-order valence-electron chi connectivity index (χ2n) is 7.10. The van der Waals surface area contributed by atoms with Crippen LogP contribution in [0.4, 0.5) is 5.69 Å². The van der Waals surface area contributed by atoms with Gasteiger partial charge in [0.25, 0.3) is 0 Å². The van der Waals surface area contributed by atoms with Crippen molar-refractivity contribution in [3.8, 4) is 11.1 Å². The van der Waals surface area contributed by atoms with Crippen LogP contribution in [0.2, 0.25) is 0 Å². The molecule has 29 heavy (non-hydrogen) atoms. The maximum absolute atomic E-state index is 12.4. The van der Waals surface area contributed by atoms with Crippen molar-refractivity contribution in [3.05, 3.63) is 47.0 Å². The van der Waals surface area contributed by atoms with Crippen LogP contribution in [0.15, 0.2) is 35.2 Å². The second kappa shape index (κ2) is 7.87. The van der Waals surface area contributed by atoms with Gasteiger partial charge in [0.1, 0.15) is 0 Å². The molecule has 1 aliphatic rings. The van der Waals surface area contributed by atoms with E-state index in [4.69, 9.17) is 0 Å². The number of aryl methyl sites for hydroxylation is 1. The van der Waals surface area contributed by atoms with Gasteiger partial charge in [0.15, 0.2) is 9.84 Å². The van der Waals surface area contributed by atoms with Gasteiger partial charge >= 0.3 is 11.9 Å². The summed E-state index contributed by atoms with van der Waals surface area (Å²) in [6.45, 7) is 4.74. The Morgan fingerprint density at radius 3 is 2.14 bits per heavy atom. The Kier molecular flexibility index (Phi) is 5.66. The third-order valence-corrected chi connectivity index (χ3v) is 7.00. The predicted octanol–water partition coefficient (Wildman–Crippen LogP) is 3.45. The predicted molar refractivity (Wildman–Crippen MR) is 110 cm³/mol. The number of carboxylic acid groups (broad SMARTS) is 2. The molecular weight excluding hydrogens is 394 g/mol. The number of benzene rings is 2. The lowest BCUT2D eigenvalue weighted by atomic mass is 9.93. The molecule has 2 aromatic rings. The minimum absolute atomic E-state index is 0.0712. The number of carboxylic acids is 2. The minimum Gasteiger partial charge on any atom is -0.478 e. The third kappa shape index (κ3) is 3.98. The Morgan fingerprint density at radius 2 is 1.59 bits per heavy atom. The lowest BCUT2D eigenvalue weighted by molar-refractivity contribution is 0.0695. The zero-order chi connectivity index (χ0) is 21.3. The van der Waals surface area contributed by atoms with Crippen molar-refractivity contribution in [2.45, 2.75) is 31.6 Å². The van der Waals surface area contributed by atoms with Crippen LogP contribution in [0.3, 0.4) is 0 Å². The molecule has 1 saturated heterocycles. The molecule has 2 aromatic carbocycles. The van der Waals surface area contributed by atoms with Crippen LogP contribution in [0.5, 0.6) is 0 Å². The molecule has 0 saturated carbocycles. The van der Waals surface area contributed by atoms with Gasteiger partial charge in [-0.1, -0.05) is 6.92 Å². The van der Waals surface area contributed by atoms with Crippen LogP contribution in [0.25, 0.3) is 11.1 Å². The molecule has 154 valence electrons. The molecule has 2 N–H and O–H groups in total. The SMILES string of the molecule is CCS(=O)(=O)c1ccc(N2CCCC2)c(-c2cc(C)c(C(=O)O)cc2C(=O)O)c1. The Hall–Kier alpha value is -2.87. The summed E-state index contributed by atoms with van der Waals surface area (Å²) in [5.74, 6) is -2.55. The van der Waals surface area contributed by atoms with Crippen LogP contribution >= 0.6 is 0 Å². The standard InChI is InChI=1S/C21H23NO6S/c1-3-29(27,28)14-6-7-19(22-8-4-5-9-22)17(11-14)16-10-13(2)15(20(23)24)12-18(16)21(25)26/h6-7,10-12H,3-5,8-9H2,1-2H3,(H,23,24)(H,25,26). The van der Waals surface area contributed by atoms with Crippen LogP contribution in [-0.2, 0) is 9.84 Å². The first kappa shape index (κ1) is 20.9. The van der Waals surface area contributed by atoms with Gasteiger partial charge in [-0.2, -0.15) is 0 Å². The molecule has 0 amide bonds. The molecular formula is C21H23NO6S. The lowest BCUT2D eigenvalue weighted by Gasteiger charge is -2.23. The van der Waals surface area contributed by atoms with Crippen molar-refractivity contribution in [1.29, 1.82) is 0 Å². The molecule has 0 aliphatic carbocycles. The van der Waals surface area contributed by atoms with E-state index >= 15 is 0 Å². The summed E-state index contributed by atoms with van der Waals surface area (Å²) in [5, 5.41) is 19.1. The minimum atomic E-state index is -3.49. The van der Waals surface area contributed by atoms with Crippen molar-refractivity contribution in [2.75, 3.05) is 23.7 Å². The first-order valence-corrected chi connectivity index (χ1v) is 11.0. The van der Waals surface area contributed by atoms with Gasteiger partial charge < -0.3 is 15.1 Å². The molecule has 0 bridgehead atoms. The summed E-state index contributed by atoms with van der Waals surface area (Å²) in [4.78, 5) is 25.6. The smallest absolute Gasteiger partial charge is 0.336 e. The maximum atomic E-state index is 12.4. The van der Waals surface area contributed by atoms with Crippen LogP contribution in [-0.4, -0.2) is 49.4 Å². The fourth-order valence-corrected chi connectivity index (χ4v) is 4.57. The fraction of sp³-hybridized carbons (Fsp3) is 0.333. The van der Waals surface area contributed by atoms with E-state index in [1.54, 1.807) is 26.0 Å². The lowest BCUT2D eigenvalue weighted by Crippen LogP contribution is -2.19. The van der Waals surface area contributed by atoms with E-state index in [0.717, 1.165) is 37.7 Å². The van der Waals surface area contributed by atoms with Gasteiger partial charge in [0.05, 0.1) is 21.8 Å². The summed E-state index contributed by atoms with van der Waals surface area (Å²) in [6, 6.07) is 7.44. The largest absolute Gasteiger partial charge is 0.478 e. The highest BCUT2D eigenvalue weighted by Crippen LogP contribution is 2.38. The van der Waals surface area contributed by atoms with Crippen LogP contribution < -0.4 is 4.90 Å². The Morgan fingerprint density at radius 1 is 0.966 bits per heavy atom. The highest BCUT2D eigenvalue weighted by atomic mass is 32.2. The van der Waals surface area contributed by atoms with Gasteiger partial charge in [-0.3, -0.25) is 0 Å². The third-order valence-electron chi connectivity index (χ3n) is 5.27. The van der Waals surface area contributed by atoms with Crippen molar-refractivity contribution < 1.29 is 28.2 Å². The molecule has 0 radical (unpaired) electrons. The molecule has 8 heteroatoms. The molecule has 1 heterocycles. The average molecular weight is 417 g/mol. The van der Waals surface area contributed by atoms with E-state index < -0.39 is 21.8 Å². The number of carbonyl (C=O) groups is 2. The van der Waals surface area contributed by atoms with Gasteiger partial charge in [-0.05, 0) is 61.2 Å². The number of hydrogen-bond acceptors (Lipinski definition) is 5. The van der Waals surface area contributed by atoms with E-state index in [2.05, 4.69) is 4.90 Å². The van der Waals surface area contributed by atoms with Gasteiger partial charge in [0, 0.05) is 24.3 Å². The number of sulfone groups is 1. The Balaban J connectivity index is 2.33. The van der Waals surface area contributed by atoms with Crippen LogP contribution in [0.1, 0.15) is 46.0 Å². The molecule has 7 nitrogen and oxygen atoms in total. The Labute approximate surface area is 169 Å².